The number of hydrogen-bond donors (Lipinski definition) is 1. The predicted octanol–water partition coefficient (Wildman–Crippen LogP) is 1.15. The molecule has 1 N–H and O–H groups in total. The zero-order valence-corrected chi connectivity index (χ0v) is 8.97. The molecule has 0 aromatic heterocycles. The van der Waals surface area contributed by atoms with Gasteiger partial charge >= 0.3 is 12.1 Å². The third kappa shape index (κ3) is 2.29. The molecule has 1 aliphatic carbocycles. The van der Waals surface area contributed by atoms with Crippen LogP contribution in [0.5, 0.6) is 0 Å². The lowest BCUT2D eigenvalue weighted by molar-refractivity contribution is -0.223. The van der Waals surface area contributed by atoms with Gasteiger partial charge < -0.3 is 4.74 Å². The number of rotatable bonds is 1. The van der Waals surface area contributed by atoms with E-state index in [0.717, 1.165) is 0 Å². The highest BCUT2D eigenvalue weighted by atomic mass is 19.4. The number of ether oxygens (including phenoxy) is 1. The second kappa shape index (κ2) is 3.97. The van der Waals surface area contributed by atoms with E-state index in [4.69, 9.17) is 0 Å². The van der Waals surface area contributed by atoms with Gasteiger partial charge in [-0.1, -0.05) is 0 Å². The fourth-order valence-electron chi connectivity index (χ4n) is 2.28. The quantitative estimate of drug-likeness (QED) is 0.710. The zero-order valence-electron chi connectivity index (χ0n) is 8.97. The first-order valence-electron chi connectivity index (χ1n) is 5.36. The van der Waals surface area contributed by atoms with Crippen molar-refractivity contribution in [3.63, 3.8) is 0 Å². The first-order valence-corrected chi connectivity index (χ1v) is 5.36. The van der Waals surface area contributed by atoms with Gasteiger partial charge in [-0.3, -0.25) is 10.1 Å². The Labute approximate surface area is 95.5 Å². The highest BCUT2D eigenvalue weighted by molar-refractivity contribution is 5.79. The molecule has 1 unspecified atom stereocenters. The number of esters is 1. The van der Waals surface area contributed by atoms with Crippen molar-refractivity contribution in [2.45, 2.75) is 38.1 Å². The van der Waals surface area contributed by atoms with Crippen molar-refractivity contribution in [3.05, 3.63) is 0 Å². The third-order valence-corrected chi connectivity index (χ3v) is 3.46. The van der Waals surface area contributed by atoms with Crippen LogP contribution in [0.25, 0.3) is 0 Å². The minimum Gasteiger partial charge on any atom is -0.439 e. The van der Waals surface area contributed by atoms with Crippen LogP contribution in [0.4, 0.5) is 13.2 Å². The number of hydrogen-bond acceptors (Lipinski definition) is 4. The number of carbonyl (C=O) groups excluding carboxylic acids is 2. The summed E-state index contributed by atoms with van der Waals surface area (Å²) in [5.74, 6) is -2.06. The van der Waals surface area contributed by atoms with E-state index in [2.05, 4.69) is 10.1 Å². The maximum absolute atomic E-state index is 12.0. The molecule has 2 fully saturated rings. The first kappa shape index (κ1) is 12.3. The van der Waals surface area contributed by atoms with Crippen molar-refractivity contribution in [1.82, 2.24) is 5.32 Å². The number of alkyl halides is 3. The van der Waals surface area contributed by atoms with Crippen molar-refractivity contribution in [3.8, 4) is 0 Å². The van der Waals surface area contributed by atoms with E-state index in [1.165, 1.54) is 0 Å². The summed E-state index contributed by atoms with van der Waals surface area (Å²) in [5.41, 5.74) is -0.477. The fourth-order valence-corrected chi connectivity index (χ4v) is 2.28. The van der Waals surface area contributed by atoms with Crippen molar-refractivity contribution in [1.29, 1.82) is 0 Å². The molecule has 1 atom stereocenters. The maximum atomic E-state index is 12.0. The normalized spacial score (nSPS) is 27.7. The van der Waals surface area contributed by atoms with Crippen LogP contribution in [0, 0.1) is 5.41 Å². The molecule has 1 saturated carbocycles. The molecule has 2 rings (SSSR count). The molecule has 96 valence electrons. The van der Waals surface area contributed by atoms with Gasteiger partial charge in [0, 0.05) is 24.8 Å². The lowest BCUT2D eigenvalue weighted by Crippen LogP contribution is -2.65. The van der Waals surface area contributed by atoms with E-state index >= 15 is 0 Å². The van der Waals surface area contributed by atoms with E-state index in [0.29, 0.717) is 32.2 Å². The Bertz CT molecular complexity index is 343. The van der Waals surface area contributed by atoms with Crippen molar-refractivity contribution in [2.24, 2.45) is 5.41 Å². The van der Waals surface area contributed by atoms with Gasteiger partial charge in [-0.25, -0.2) is 4.79 Å². The average Bonchev–Trinajstić information content (AvgIpc) is 2.24. The summed E-state index contributed by atoms with van der Waals surface area (Å²) in [6, 6.07) is 0. The Morgan fingerprint density at radius 3 is 2.35 bits per heavy atom. The summed E-state index contributed by atoms with van der Waals surface area (Å²) in [4.78, 5) is 21.8. The van der Waals surface area contributed by atoms with E-state index < -0.39 is 23.8 Å². The minimum absolute atomic E-state index is 0.114. The number of Topliss-reactive ketones (excluding diaryl/α,β-unsaturated/α-hetero) is 1. The van der Waals surface area contributed by atoms with Crippen LogP contribution in [0.15, 0.2) is 0 Å². The number of halogens is 3. The molecule has 4 nitrogen and oxygen atoms in total. The topological polar surface area (TPSA) is 55.4 Å². The van der Waals surface area contributed by atoms with Crippen LogP contribution in [-0.2, 0) is 14.3 Å². The summed E-state index contributed by atoms with van der Waals surface area (Å²) in [5, 5.41) is 2.67. The van der Waals surface area contributed by atoms with Gasteiger partial charge in [0.25, 0.3) is 0 Å². The highest BCUT2D eigenvalue weighted by Crippen LogP contribution is 2.43. The molecule has 1 spiro atoms. The van der Waals surface area contributed by atoms with Gasteiger partial charge in [0.15, 0.2) is 6.23 Å². The molecule has 2 aliphatic rings. The van der Waals surface area contributed by atoms with E-state index in [1.807, 2.05) is 0 Å². The van der Waals surface area contributed by atoms with Crippen LogP contribution in [0.1, 0.15) is 25.7 Å². The zero-order chi connectivity index (χ0) is 12.7. The summed E-state index contributed by atoms with van der Waals surface area (Å²) in [6.07, 6.45) is -4.22. The van der Waals surface area contributed by atoms with Crippen LogP contribution in [0.3, 0.4) is 0 Å². The first-order chi connectivity index (χ1) is 7.83. The van der Waals surface area contributed by atoms with E-state index in [1.54, 1.807) is 0 Å². The molecule has 1 aliphatic heterocycles. The Kier molecular flexibility index (Phi) is 2.89. The third-order valence-electron chi connectivity index (χ3n) is 3.46. The van der Waals surface area contributed by atoms with Crippen LogP contribution in [-0.4, -0.2) is 30.7 Å². The van der Waals surface area contributed by atoms with Gasteiger partial charge in [-0.15, -0.1) is 0 Å². The van der Waals surface area contributed by atoms with E-state index in [9.17, 15) is 22.8 Å². The largest absolute Gasteiger partial charge is 0.490 e. The lowest BCUT2D eigenvalue weighted by atomic mass is 9.68. The van der Waals surface area contributed by atoms with Gasteiger partial charge in [0.05, 0.1) is 0 Å². The SMILES string of the molecule is O=C1CCC2(CC1)CNC2OC(=O)C(F)(F)F. The number of ketones is 1. The van der Waals surface area contributed by atoms with Crippen molar-refractivity contribution < 1.29 is 27.5 Å². The molecule has 1 heterocycles. The Morgan fingerprint density at radius 1 is 1.35 bits per heavy atom. The Morgan fingerprint density at radius 2 is 1.94 bits per heavy atom. The fraction of sp³-hybridized carbons (Fsp3) is 0.800. The van der Waals surface area contributed by atoms with Crippen LogP contribution < -0.4 is 5.32 Å². The predicted molar refractivity (Wildman–Crippen MR) is 49.8 cm³/mol. The smallest absolute Gasteiger partial charge is 0.439 e. The molecular formula is C10H12F3NO3. The second-order valence-electron chi connectivity index (χ2n) is 4.57. The monoisotopic (exact) mass is 251 g/mol. The van der Waals surface area contributed by atoms with Gasteiger partial charge in [0.1, 0.15) is 5.78 Å². The lowest BCUT2D eigenvalue weighted by Gasteiger charge is -2.51. The molecule has 0 amide bonds. The van der Waals surface area contributed by atoms with Gasteiger partial charge in [-0.05, 0) is 12.8 Å². The van der Waals surface area contributed by atoms with Crippen LogP contribution in [0.2, 0.25) is 0 Å². The molecule has 7 heteroatoms. The summed E-state index contributed by atoms with van der Waals surface area (Å²) >= 11 is 0. The molecule has 0 radical (unpaired) electrons. The van der Waals surface area contributed by atoms with Gasteiger partial charge in [0.2, 0.25) is 0 Å². The van der Waals surface area contributed by atoms with Crippen molar-refractivity contribution >= 4 is 11.8 Å². The number of nitrogens with one attached hydrogen (secondary N) is 1. The van der Waals surface area contributed by atoms with E-state index in [-0.39, 0.29) is 5.78 Å². The molecule has 1 saturated heterocycles. The van der Waals surface area contributed by atoms with Gasteiger partial charge in [-0.2, -0.15) is 13.2 Å². The molecule has 0 bridgehead atoms. The minimum atomic E-state index is -4.97. The molecule has 0 aromatic rings. The Balaban J connectivity index is 1.95. The Hall–Kier alpha value is -1.11. The second-order valence-corrected chi connectivity index (χ2v) is 4.57. The standard InChI is InChI=1S/C10H12F3NO3/c11-10(12,13)8(16)17-7-9(5-14-7)3-1-6(15)2-4-9/h7,14H,1-5H2. The van der Waals surface area contributed by atoms with Crippen LogP contribution >= 0.6 is 0 Å². The number of carbonyl (C=O) groups is 2. The maximum Gasteiger partial charge on any atom is 0.490 e. The average molecular weight is 251 g/mol. The molecule has 0 aromatic carbocycles. The van der Waals surface area contributed by atoms with Crippen molar-refractivity contribution in [2.75, 3.05) is 6.54 Å². The summed E-state index contributed by atoms with van der Waals surface area (Å²) in [6.45, 7) is 0.496. The highest BCUT2D eigenvalue weighted by Gasteiger charge is 2.53. The molecule has 17 heavy (non-hydrogen) atoms. The summed E-state index contributed by atoms with van der Waals surface area (Å²) in [7, 11) is 0. The molecular weight excluding hydrogens is 239 g/mol. The summed E-state index contributed by atoms with van der Waals surface area (Å²) < 4.78 is 40.5.